The first-order chi connectivity index (χ1) is 12.9. The van der Waals surface area contributed by atoms with Crippen molar-refractivity contribution >= 4 is 5.91 Å². The van der Waals surface area contributed by atoms with E-state index in [1.165, 1.54) is 0 Å². The minimum absolute atomic E-state index is 0.0933. The molecule has 0 fully saturated rings. The van der Waals surface area contributed by atoms with Gasteiger partial charge in [0.1, 0.15) is 18.3 Å². The first-order valence-corrected chi connectivity index (χ1v) is 8.93. The zero-order chi connectivity index (χ0) is 19.3. The van der Waals surface area contributed by atoms with Gasteiger partial charge < -0.3 is 19.9 Å². The number of benzene rings is 2. The number of para-hydroxylation sites is 2. The molecular formula is C22H23NO4. The molecule has 0 radical (unpaired) electrons. The van der Waals surface area contributed by atoms with E-state index in [4.69, 9.17) is 9.47 Å². The molecule has 3 rings (SSSR count). The lowest BCUT2D eigenvalue weighted by Gasteiger charge is -2.26. The Bertz CT molecular complexity index is 874. The predicted molar refractivity (Wildman–Crippen MR) is 103 cm³/mol. The average molecular weight is 365 g/mol. The number of nitrogens with one attached hydrogen (secondary N) is 1. The van der Waals surface area contributed by atoms with E-state index in [2.05, 4.69) is 17.2 Å². The molecule has 0 aromatic heterocycles. The fourth-order valence-corrected chi connectivity index (χ4v) is 2.62. The van der Waals surface area contributed by atoms with Gasteiger partial charge in [0, 0.05) is 24.1 Å². The van der Waals surface area contributed by atoms with Crippen LogP contribution < -0.4 is 14.8 Å². The molecule has 1 heterocycles. The normalized spacial score (nSPS) is 15.4. The summed E-state index contributed by atoms with van der Waals surface area (Å²) in [5.74, 6) is 6.94. The lowest BCUT2D eigenvalue weighted by atomic mass is 10.1. The Labute approximate surface area is 159 Å². The van der Waals surface area contributed by atoms with Crippen LogP contribution in [-0.2, 0) is 0 Å². The highest BCUT2D eigenvalue weighted by Gasteiger charge is 2.20. The van der Waals surface area contributed by atoms with Crippen molar-refractivity contribution in [3.63, 3.8) is 0 Å². The summed E-state index contributed by atoms with van der Waals surface area (Å²) in [7, 11) is 0. The number of rotatable bonds is 4. The van der Waals surface area contributed by atoms with Crippen LogP contribution in [0.5, 0.6) is 11.5 Å². The van der Waals surface area contributed by atoms with Gasteiger partial charge in [-0.1, -0.05) is 30.0 Å². The van der Waals surface area contributed by atoms with Crippen molar-refractivity contribution in [3.8, 4) is 23.3 Å². The Balaban J connectivity index is 1.52. The lowest BCUT2D eigenvalue weighted by Crippen LogP contribution is -2.34. The Kier molecular flexibility index (Phi) is 5.68. The molecule has 5 nitrogen and oxygen atoms in total. The van der Waals surface area contributed by atoms with Gasteiger partial charge in [-0.25, -0.2) is 0 Å². The van der Waals surface area contributed by atoms with E-state index in [9.17, 15) is 9.90 Å². The van der Waals surface area contributed by atoms with E-state index >= 15 is 0 Å². The summed E-state index contributed by atoms with van der Waals surface area (Å²) in [6.45, 7) is 4.18. The van der Waals surface area contributed by atoms with E-state index < -0.39 is 5.60 Å². The number of hydrogen-bond donors (Lipinski definition) is 2. The van der Waals surface area contributed by atoms with Gasteiger partial charge in [-0.3, -0.25) is 4.79 Å². The minimum Gasteiger partial charge on any atom is -0.486 e. The minimum atomic E-state index is -1.07. The highest BCUT2D eigenvalue weighted by Crippen LogP contribution is 2.31. The molecule has 5 heteroatoms. The number of amides is 1. The molecule has 1 atom stereocenters. The maximum atomic E-state index is 12.4. The molecule has 1 unspecified atom stereocenters. The number of carbonyl (C=O) groups is 1. The first-order valence-electron chi connectivity index (χ1n) is 8.93. The standard InChI is InChI=1S/C22H23NO4/c1-22(2,25)12-10-16-6-5-7-17(14-16)21(24)23-13-11-18-15-26-19-8-3-4-9-20(19)27-18/h3-9,14,18,25H,11,13,15H2,1-2H3,(H,23,24). The number of fused-ring (bicyclic) bond motifs is 1. The van der Waals surface area contributed by atoms with Crippen LogP contribution in [-0.4, -0.2) is 35.9 Å². The molecule has 0 aliphatic carbocycles. The summed E-state index contributed by atoms with van der Waals surface area (Å²) >= 11 is 0. The molecule has 1 aliphatic heterocycles. The van der Waals surface area contributed by atoms with Crippen molar-refractivity contribution in [1.82, 2.24) is 5.32 Å². The quantitative estimate of drug-likeness (QED) is 0.818. The number of carbonyl (C=O) groups excluding carboxylic acids is 1. The summed E-state index contributed by atoms with van der Waals surface area (Å²) in [6.07, 6.45) is 0.558. The number of ether oxygens (including phenoxy) is 2. The molecule has 0 bridgehead atoms. The Morgan fingerprint density at radius 2 is 2.00 bits per heavy atom. The Morgan fingerprint density at radius 3 is 2.78 bits per heavy atom. The van der Waals surface area contributed by atoms with Crippen LogP contribution >= 0.6 is 0 Å². The van der Waals surface area contributed by atoms with Crippen molar-refractivity contribution in [1.29, 1.82) is 0 Å². The second-order valence-electron chi connectivity index (χ2n) is 6.93. The summed E-state index contributed by atoms with van der Waals surface area (Å²) in [5, 5.41) is 12.6. The lowest BCUT2D eigenvalue weighted by molar-refractivity contribution is 0.0813. The van der Waals surface area contributed by atoms with Crippen molar-refractivity contribution in [2.24, 2.45) is 0 Å². The van der Waals surface area contributed by atoms with Crippen molar-refractivity contribution in [3.05, 3.63) is 59.7 Å². The zero-order valence-electron chi connectivity index (χ0n) is 15.5. The van der Waals surface area contributed by atoms with Crippen LogP contribution in [0.2, 0.25) is 0 Å². The summed E-state index contributed by atoms with van der Waals surface area (Å²) < 4.78 is 11.6. The summed E-state index contributed by atoms with van der Waals surface area (Å²) in [4.78, 5) is 12.4. The largest absolute Gasteiger partial charge is 0.486 e. The van der Waals surface area contributed by atoms with E-state index in [0.29, 0.717) is 30.7 Å². The van der Waals surface area contributed by atoms with Gasteiger partial charge in [0.25, 0.3) is 5.91 Å². The second-order valence-corrected chi connectivity index (χ2v) is 6.93. The average Bonchev–Trinajstić information content (AvgIpc) is 2.66. The van der Waals surface area contributed by atoms with Gasteiger partial charge in [-0.15, -0.1) is 0 Å². The van der Waals surface area contributed by atoms with Crippen LogP contribution in [0.15, 0.2) is 48.5 Å². The third kappa shape index (κ3) is 5.50. The van der Waals surface area contributed by atoms with Gasteiger partial charge >= 0.3 is 0 Å². The topological polar surface area (TPSA) is 67.8 Å². The molecule has 1 amide bonds. The fraction of sp³-hybridized carbons (Fsp3) is 0.318. The van der Waals surface area contributed by atoms with Crippen LogP contribution in [0, 0.1) is 11.8 Å². The van der Waals surface area contributed by atoms with Gasteiger partial charge in [-0.2, -0.15) is 0 Å². The van der Waals surface area contributed by atoms with Crippen molar-refractivity contribution in [2.45, 2.75) is 32.0 Å². The monoisotopic (exact) mass is 365 g/mol. The maximum absolute atomic E-state index is 12.4. The Morgan fingerprint density at radius 1 is 1.22 bits per heavy atom. The van der Waals surface area contributed by atoms with Crippen molar-refractivity contribution < 1.29 is 19.4 Å². The number of aliphatic hydroxyl groups is 1. The smallest absolute Gasteiger partial charge is 0.251 e. The second kappa shape index (κ2) is 8.15. The molecule has 0 saturated heterocycles. The van der Waals surface area contributed by atoms with Crippen LogP contribution in [0.1, 0.15) is 36.2 Å². The third-order valence-electron chi connectivity index (χ3n) is 3.96. The van der Waals surface area contributed by atoms with Gasteiger partial charge in [0.15, 0.2) is 11.5 Å². The highest BCUT2D eigenvalue weighted by molar-refractivity contribution is 5.94. The number of hydrogen-bond acceptors (Lipinski definition) is 4. The van der Waals surface area contributed by atoms with Gasteiger partial charge in [0.05, 0.1) is 0 Å². The highest BCUT2D eigenvalue weighted by atomic mass is 16.6. The SMILES string of the molecule is CC(C)(O)C#Cc1cccc(C(=O)NCCC2COc3ccccc3O2)c1. The zero-order valence-corrected chi connectivity index (χ0v) is 15.5. The molecule has 2 aromatic rings. The summed E-state index contributed by atoms with van der Waals surface area (Å²) in [6, 6.07) is 14.6. The molecule has 1 aliphatic rings. The first kappa shape index (κ1) is 18.8. The van der Waals surface area contributed by atoms with Gasteiger partial charge in [0.2, 0.25) is 0 Å². The van der Waals surface area contributed by atoms with Crippen LogP contribution in [0.25, 0.3) is 0 Å². The maximum Gasteiger partial charge on any atom is 0.251 e. The van der Waals surface area contributed by atoms with E-state index in [1.54, 1.807) is 38.1 Å². The van der Waals surface area contributed by atoms with Crippen LogP contribution in [0.3, 0.4) is 0 Å². The molecular weight excluding hydrogens is 342 g/mol. The van der Waals surface area contributed by atoms with Crippen molar-refractivity contribution in [2.75, 3.05) is 13.2 Å². The molecule has 0 spiro atoms. The molecule has 140 valence electrons. The Hall–Kier alpha value is -2.97. The molecule has 2 aromatic carbocycles. The van der Waals surface area contributed by atoms with E-state index in [0.717, 1.165) is 11.5 Å². The van der Waals surface area contributed by atoms with Gasteiger partial charge in [-0.05, 0) is 44.2 Å². The van der Waals surface area contributed by atoms with Crippen LogP contribution in [0.4, 0.5) is 0 Å². The third-order valence-corrected chi connectivity index (χ3v) is 3.96. The molecule has 27 heavy (non-hydrogen) atoms. The molecule has 0 saturated carbocycles. The predicted octanol–water partition coefficient (Wildman–Crippen LogP) is 2.77. The fourth-order valence-electron chi connectivity index (χ4n) is 2.62. The molecule has 2 N–H and O–H groups in total. The van der Waals surface area contributed by atoms with E-state index in [1.807, 2.05) is 24.3 Å². The summed E-state index contributed by atoms with van der Waals surface area (Å²) in [5.41, 5.74) is 0.146. The van der Waals surface area contributed by atoms with E-state index in [-0.39, 0.29) is 12.0 Å².